The number of hydrogen-bond donors (Lipinski definition) is 2. The van der Waals surface area contributed by atoms with Gasteiger partial charge in [-0.3, -0.25) is 4.79 Å². The first-order valence-corrected chi connectivity index (χ1v) is 7.25. The molecule has 0 spiro atoms. The van der Waals surface area contributed by atoms with Gasteiger partial charge in [-0.1, -0.05) is 41.9 Å². The van der Waals surface area contributed by atoms with Gasteiger partial charge in [-0.15, -0.1) is 0 Å². The topological polar surface area (TPSA) is 83.6 Å². The zero-order valence-electron chi connectivity index (χ0n) is 11.7. The van der Waals surface area contributed by atoms with Crippen molar-refractivity contribution in [3.05, 3.63) is 57.7 Å². The van der Waals surface area contributed by atoms with Crippen molar-refractivity contribution in [1.29, 1.82) is 0 Å². The second-order valence-corrected chi connectivity index (χ2v) is 5.55. The van der Waals surface area contributed by atoms with Gasteiger partial charge in [0, 0.05) is 10.8 Å². The Labute approximate surface area is 135 Å². The Balaban J connectivity index is 2.32. The molecule has 4 rings (SSSR count). The summed E-state index contributed by atoms with van der Waals surface area (Å²) < 4.78 is 5.74. The van der Waals surface area contributed by atoms with Gasteiger partial charge >= 0.3 is 7.12 Å². The molecule has 0 amide bonds. The second-order valence-electron chi connectivity index (χ2n) is 5.14. The van der Waals surface area contributed by atoms with Crippen molar-refractivity contribution >= 4 is 46.1 Å². The highest BCUT2D eigenvalue weighted by molar-refractivity contribution is 6.60. The number of nitrogens with zero attached hydrogens (tertiary/aromatic N) is 1. The summed E-state index contributed by atoms with van der Waals surface area (Å²) >= 11 is 6.11. The van der Waals surface area contributed by atoms with E-state index in [4.69, 9.17) is 16.0 Å². The van der Waals surface area contributed by atoms with Gasteiger partial charge in [0.25, 0.3) is 0 Å². The Morgan fingerprint density at radius 2 is 1.78 bits per heavy atom. The van der Waals surface area contributed by atoms with Crippen molar-refractivity contribution in [2.75, 3.05) is 0 Å². The summed E-state index contributed by atoms with van der Waals surface area (Å²) in [6.07, 6.45) is 0. The first kappa shape index (κ1) is 14.2. The summed E-state index contributed by atoms with van der Waals surface area (Å²) in [5, 5.41) is 20.5. The maximum Gasteiger partial charge on any atom is 0.496 e. The van der Waals surface area contributed by atoms with E-state index in [2.05, 4.69) is 4.98 Å². The first-order chi connectivity index (χ1) is 11.1. The van der Waals surface area contributed by atoms with Crippen LogP contribution in [0.2, 0.25) is 5.02 Å². The van der Waals surface area contributed by atoms with Crippen LogP contribution in [0.3, 0.4) is 0 Å². The van der Waals surface area contributed by atoms with Gasteiger partial charge < -0.3 is 14.5 Å². The smallest absolute Gasteiger partial charge is 0.451 e. The molecule has 2 N–H and O–H groups in total. The number of fused-ring (bicyclic) bond motifs is 4. The van der Waals surface area contributed by atoms with E-state index >= 15 is 0 Å². The van der Waals surface area contributed by atoms with Crippen molar-refractivity contribution in [3.8, 4) is 11.5 Å². The van der Waals surface area contributed by atoms with Crippen molar-refractivity contribution in [2.24, 2.45) is 0 Å². The summed E-state index contributed by atoms with van der Waals surface area (Å²) in [6.45, 7) is 0. The van der Waals surface area contributed by atoms with Gasteiger partial charge in [-0.2, -0.15) is 0 Å². The SMILES string of the molecule is O=c1c(B(O)O)c2oc3c(Cl)cccc3nc-2c2ccccc12. The minimum absolute atomic E-state index is 0.0318. The van der Waals surface area contributed by atoms with Gasteiger partial charge in [-0.05, 0) is 12.1 Å². The largest absolute Gasteiger partial charge is 0.496 e. The van der Waals surface area contributed by atoms with E-state index < -0.39 is 12.5 Å². The fourth-order valence-electron chi connectivity index (χ4n) is 2.74. The van der Waals surface area contributed by atoms with Gasteiger partial charge in [0.05, 0.1) is 10.5 Å². The Bertz CT molecular complexity index is 1090. The van der Waals surface area contributed by atoms with Crippen molar-refractivity contribution < 1.29 is 14.5 Å². The fraction of sp³-hybridized carbons (Fsp3) is 0. The number of benzene rings is 3. The third-order valence-electron chi connectivity index (χ3n) is 3.77. The van der Waals surface area contributed by atoms with Gasteiger partial charge in [-0.25, -0.2) is 4.98 Å². The standard InChI is InChI=1S/C16H9BClNO4/c18-10-6-3-7-11-15(10)23-16-12(17(21)22)14(20)9-5-2-1-4-8(9)13(16)19-11/h1-7,21-22H. The van der Waals surface area contributed by atoms with E-state index in [1.807, 2.05) is 0 Å². The number of para-hydroxylation sites is 1. The minimum Gasteiger partial charge on any atom is -0.451 e. The summed E-state index contributed by atoms with van der Waals surface area (Å²) in [4.78, 5) is 17.1. The molecule has 2 aliphatic rings. The molecule has 2 aromatic carbocycles. The molecule has 0 fully saturated rings. The van der Waals surface area contributed by atoms with Gasteiger partial charge in [0.15, 0.2) is 16.8 Å². The molecule has 1 aliphatic carbocycles. The molecule has 23 heavy (non-hydrogen) atoms. The molecule has 1 heterocycles. The maximum absolute atomic E-state index is 12.6. The number of hydrogen-bond acceptors (Lipinski definition) is 5. The number of aromatic nitrogens is 1. The molecule has 2 aromatic rings. The third kappa shape index (κ3) is 2.04. The molecular formula is C16H9BClNO4. The fourth-order valence-corrected chi connectivity index (χ4v) is 2.95. The Kier molecular flexibility index (Phi) is 3.12. The predicted molar refractivity (Wildman–Crippen MR) is 89.2 cm³/mol. The first-order valence-electron chi connectivity index (χ1n) is 6.88. The van der Waals surface area contributed by atoms with Crippen LogP contribution < -0.4 is 10.9 Å². The third-order valence-corrected chi connectivity index (χ3v) is 4.07. The molecule has 112 valence electrons. The average molecular weight is 326 g/mol. The van der Waals surface area contributed by atoms with Crippen molar-refractivity contribution in [1.82, 2.24) is 4.98 Å². The van der Waals surface area contributed by atoms with Crippen LogP contribution in [0.25, 0.3) is 33.3 Å². The highest BCUT2D eigenvalue weighted by atomic mass is 35.5. The van der Waals surface area contributed by atoms with E-state index in [1.165, 1.54) is 0 Å². The monoisotopic (exact) mass is 325 g/mol. The van der Waals surface area contributed by atoms with Crippen LogP contribution in [0.5, 0.6) is 0 Å². The molecular weight excluding hydrogens is 316 g/mol. The van der Waals surface area contributed by atoms with Crippen molar-refractivity contribution in [3.63, 3.8) is 0 Å². The Hall–Kier alpha value is -2.41. The normalized spacial score (nSPS) is 11.4. The summed E-state index contributed by atoms with van der Waals surface area (Å²) in [6, 6.07) is 12.0. The zero-order chi connectivity index (χ0) is 16.1. The van der Waals surface area contributed by atoms with E-state index in [1.54, 1.807) is 42.5 Å². The average Bonchev–Trinajstić information content (AvgIpc) is 2.54. The summed E-state index contributed by atoms with van der Waals surface area (Å²) in [5.74, 6) is 0.0318. The van der Waals surface area contributed by atoms with Crippen LogP contribution in [0.4, 0.5) is 0 Å². The van der Waals surface area contributed by atoms with Crippen molar-refractivity contribution in [2.45, 2.75) is 0 Å². The molecule has 0 saturated heterocycles. The number of halogens is 1. The lowest BCUT2D eigenvalue weighted by Gasteiger charge is -2.14. The predicted octanol–water partition coefficient (Wildman–Crippen LogP) is 1.78. The van der Waals surface area contributed by atoms with E-state index in [0.717, 1.165) is 0 Å². The molecule has 0 aromatic heterocycles. The molecule has 5 nitrogen and oxygen atoms in total. The minimum atomic E-state index is -1.97. The Morgan fingerprint density at radius 1 is 1.04 bits per heavy atom. The van der Waals surface area contributed by atoms with Gasteiger partial charge in [0.1, 0.15) is 11.2 Å². The maximum atomic E-state index is 12.6. The van der Waals surface area contributed by atoms with Crippen LogP contribution in [-0.4, -0.2) is 22.2 Å². The van der Waals surface area contributed by atoms with E-state index in [-0.39, 0.29) is 11.2 Å². The molecule has 0 unspecified atom stereocenters. The molecule has 0 bridgehead atoms. The van der Waals surface area contributed by atoms with Gasteiger partial charge in [0.2, 0.25) is 0 Å². The lowest BCUT2D eigenvalue weighted by atomic mass is 9.76. The van der Waals surface area contributed by atoms with E-state index in [0.29, 0.717) is 32.6 Å². The lowest BCUT2D eigenvalue weighted by molar-refractivity contribution is 0.424. The molecule has 0 saturated carbocycles. The summed E-state index contributed by atoms with van der Waals surface area (Å²) in [7, 11) is -1.97. The molecule has 0 atom stereocenters. The molecule has 1 aliphatic heterocycles. The molecule has 0 radical (unpaired) electrons. The van der Waals surface area contributed by atoms with Crippen LogP contribution in [-0.2, 0) is 0 Å². The quantitative estimate of drug-likeness (QED) is 0.317. The lowest BCUT2D eigenvalue weighted by Crippen LogP contribution is -2.43. The zero-order valence-corrected chi connectivity index (χ0v) is 12.4. The van der Waals surface area contributed by atoms with Crippen LogP contribution in [0, 0.1) is 0 Å². The highest BCUT2D eigenvalue weighted by Crippen LogP contribution is 2.31. The molecule has 7 heteroatoms. The highest BCUT2D eigenvalue weighted by Gasteiger charge is 2.29. The van der Waals surface area contributed by atoms with Crippen LogP contribution in [0.15, 0.2) is 51.7 Å². The van der Waals surface area contributed by atoms with Crippen LogP contribution in [0.1, 0.15) is 0 Å². The van der Waals surface area contributed by atoms with E-state index in [9.17, 15) is 14.8 Å². The summed E-state index contributed by atoms with van der Waals surface area (Å²) in [5.41, 5.74) is 0.455. The Morgan fingerprint density at radius 3 is 2.52 bits per heavy atom. The van der Waals surface area contributed by atoms with Crippen LogP contribution >= 0.6 is 11.6 Å². The number of rotatable bonds is 1. The second kappa shape index (κ2) is 5.06.